The van der Waals surface area contributed by atoms with Crippen molar-refractivity contribution in [3.8, 4) is 5.75 Å². The number of fused-ring (bicyclic) bond motifs is 1. The summed E-state index contributed by atoms with van der Waals surface area (Å²) in [6.45, 7) is 1.95. The van der Waals surface area contributed by atoms with Gasteiger partial charge in [0.05, 0.1) is 6.61 Å². The van der Waals surface area contributed by atoms with Gasteiger partial charge in [-0.2, -0.15) is 0 Å². The Balaban J connectivity index is 1.84. The van der Waals surface area contributed by atoms with Crippen molar-refractivity contribution in [3.05, 3.63) is 28.3 Å². The zero-order valence-corrected chi connectivity index (χ0v) is 10.7. The molecule has 17 heavy (non-hydrogen) atoms. The fraction of sp³-hybridized carbons (Fsp3) is 0.571. The van der Waals surface area contributed by atoms with Gasteiger partial charge in [0.2, 0.25) is 0 Å². The summed E-state index contributed by atoms with van der Waals surface area (Å²) in [6.07, 6.45) is 5.96. The van der Waals surface area contributed by atoms with Crippen LogP contribution in [0.3, 0.4) is 0 Å². The van der Waals surface area contributed by atoms with Crippen LogP contribution in [0.25, 0.3) is 0 Å². The quantitative estimate of drug-likeness (QED) is 0.873. The summed E-state index contributed by atoms with van der Waals surface area (Å²) >= 11 is 6.34. The van der Waals surface area contributed by atoms with Gasteiger partial charge >= 0.3 is 0 Å². The van der Waals surface area contributed by atoms with Crippen LogP contribution < -0.4 is 10.1 Å². The van der Waals surface area contributed by atoms with Crippen LogP contribution in [0.5, 0.6) is 5.75 Å². The third-order valence-corrected chi connectivity index (χ3v) is 4.16. The monoisotopic (exact) mass is 251 g/mol. The molecule has 1 atom stereocenters. The molecule has 3 rings (SSSR count). The molecule has 0 aromatic heterocycles. The number of piperidine rings is 1. The number of rotatable bonds is 2. The van der Waals surface area contributed by atoms with E-state index in [0.717, 1.165) is 36.8 Å². The molecule has 2 aliphatic rings. The van der Waals surface area contributed by atoms with Gasteiger partial charge in [0.25, 0.3) is 0 Å². The first kappa shape index (κ1) is 11.4. The summed E-state index contributed by atoms with van der Waals surface area (Å²) in [5, 5.41) is 4.49. The predicted molar refractivity (Wildman–Crippen MR) is 70.0 cm³/mol. The van der Waals surface area contributed by atoms with Gasteiger partial charge < -0.3 is 10.1 Å². The van der Waals surface area contributed by atoms with Gasteiger partial charge in [0.1, 0.15) is 5.75 Å². The number of hydrogen-bond donors (Lipinski definition) is 1. The van der Waals surface area contributed by atoms with Crippen LogP contribution >= 0.6 is 11.6 Å². The second-order valence-electron chi connectivity index (χ2n) is 4.95. The molecule has 2 nitrogen and oxygen atoms in total. The molecule has 0 spiro atoms. The summed E-state index contributed by atoms with van der Waals surface area (Å²) in [5.74, 6) is 1.04. The fourth-order valence-electron chi connectivity index (χ4n) is 2.88. The molecule has 0 radical (unpaired) electrons. The molecule has 0 amide bonds. The van der Waals surface area contributed by atoms with E-state index >= 15 is 0 Å². The number of halogens is 1. The highest BCUT2D eigenvalue weighted by molar-refractivity contribution is 6.31. The van der Waals surface area contributed by atoms with Crippen LogP contribution in [0.1, 0.15) is 30.4 Å². The Morgan fingerprint density at radius 1 is 1.35 bits per heavy atom. The van der Waals surface area contributed by atoms with E-state index in [1.54, 1.807) is 0 Å². The van der Waals surface area contributed by atoms with Crippen molar-refractivity contribution in [3.63, 3.8) is 0 Å². The van der Waals surface area contributed by atoms with Crippen molar-refractivity contribution in [1.29, 1.82) is 0 Å². The summed E-state index contributed by atoms with van der Waals surface area (Å²) < 4.78 is 5.60. The van der Waals surface area contributed by atoms with Gasteiger partial charge in [-0.1, -0.05) is 18.0 Å². The second kappa shape index (κ2) is 4.87. The highest BCUT2D eigenvalue weighted by Gasteiger charge is 2.22. The number of benzene rings is 1. The topological polar surface area (TPSA) is 21.3 Å². The minimum Gasteiger partial charge on any atom is -0.493 e. The van der Waals surface area contributed by atoms with Gasteiger partial charge in [0.15, 0.2) is 0 Å². The second-order valence-corrected chi connectivity index (χ2v) is 5.36. The molecule has 1 saturated heterocycles. The van der Waals surface area contributed by atoms with Gasteiger partial charge in [-0.25, -0.2) is 0 Å². The van der Waals surface area contributed by atoms with Crippen LogP contribution in [0.4, 0.5) is 0 Å². The Hall–Kier alpha value is -0.730. The Morgan fingerprint density at radius 2 is 2.29 bits per heavy atom. The van der Waals surface area contributed by atoms with Gasteiger partial charge in [-0.15, -0.1) is 0 Å². The van der Waals surface area contributed by atoms with Crippen LogP contribution in [-0.4, -0.2) is 19.2 Å². The maximum absolute atomic E-state index is 6.34. The zero-order chi connectivity index (χ0) is 11.7. The largest absolute Gasteiger partial charge is 0.493 e. The average molecular weight is 252 g/mol. The van der Waals surface area contributed by atoms with Crippen LogP contribution in [-0.2, 0) is 12.8 Å². The normalized spacial score (nSPS) is 23.2. The summed E-state index contributed by atoms with van der Waals surface area (Å²) in [6, 6.07) is 4.57. The molecule has 3 heteroatoms. The first-order chi connectivity index (χ1) is 8.34. The molecule has 1 aromatic carbocycles. The van der Waals surface area contributed by atoms with E-state index in [4.69, 9.17) is 16.3 Å². The highest BCUT2D eigenvalue weighted by atomic mass is 35.5. The molecule has 1 fully saturated rings. The maximum Gasteiger partial charge on any atom is 0.123 e. The molecule has 1 unspecified atom stereocenters. The third-order valence-electron chi connectivity index (χ3n) is 3.80. The molecule has 0 saturated carbocycles. The summed E-state index contributed by atoms with van der Waals surface area (Å²) in [4.78, 5) is 0. The summed E-state index contributed by atoms with van der Waals surface area (Å²) in [7, 11) is 0. The van der Waals surface area contributed by atoms with Crippen molar-refractivity contribution in [2.24, 2.45) is 0 Å². The number of ether oxygens (including phenoxy) is 1. The molecular formula is C14H18ClNO. The van der Waals surface area contributed by atoms with Gasteiger partial charge in [0, 0.05) is 23.0 Å². The Bertz CT molecular complexity index is 413. The Morgan fingerprint density at radius 3 is 3.12 bits per heavy atom. The summed E-state index contributed by atoms with van der Waals surface area (Å²) in [5.41, 5.74) is 2.64. The molecule has 0 bridgehead atoms. The third kappa shape index (κ3) is 2.29. The van der Waals surface area contributed by atoms with E-state index in [1.807, 2.05) is 12.1 Å². The van der Waals surface area contributed by atoms with Gasteiger partial charge in [-0.3, -0.25) is 0 Å². The first-order valence-corrected chi connectivity index (χ1v) is 6.89. The highest BCUT2D eigenvalue weighted by Crippen LogP contribution is 2.34. The first-order valence-electron chi connectivity index (χ1n) is 6.51. The number of hydrogen-bond acceptors (Lipinski definition) is 2. The lowest BCUT2D eigenvalue weighted by atomic mass is 9.94. The van der Waals surface area contributed by atoms with Crippen molar-refractivity contribution >= 4 is 11.6 Å². The molecular weight excluding hydrogens is 234 g/mol. The van der Waals surface area contributed by atoms with E-state index in [2.05, 4.69) is 5.32 Å². The SMILES string of the molecule is Clc1ccc2c(c1CC1CCCCN1)CCO2. The van der Waals surface area contributed by atoms with Crippen LogP contribution in [0.2, 0.25) is 5.02 Å². The molecule has 92 valence electrons. The maximum atomic E-state index is 6.34. The smallest absolute Gasteiger partial charge is 0.123 e. The van der Waals surface area contributed by atoms with Gasteiger partial charge in [-0.05, 0) is 43.5 Å². The van der Waals surface area contributed by atoms with E-state index in [1.165, 1.54) is 30.4 Å². The van der Waals surface area contributed by atoms with Crippen LogP contribution in [0.15, 0.2) is 12.1 Å². The van der Waals surface area contributed by atoms with Crippen molar-refractivity contribution in [2.45, 2.75) is 38.1 Å². The zero-order valence-electron chi connectivity index (χ0n) is 9.97. The molecule has 1 aromatic rings. The lowest BCUT2D eigenvalue weighted by molar-refractivity contribution is 0.357. The van der Waals surface area contributed by atoms with Crippen LogP contribution in [0, 0.1) is 0 Å². The lowest BCUT2D eigenvalue weighted by Crippen LogP contribution is -2.35. The van der Waals surface area contributed by atoms with Crippen molar-refractivity contribution in [1.82, 2.24) is 5.32 Å². The average Bonchev–Trinajstić information content (AvgIpc) is 2.83. The molecule has 2 aliphatic heterocycles. The fourth-order valence-corrected chi connectivity index (χ4v) is 3.13. The van der Waals surface area contributed by atoms with Crippen molar-refractivity contribution < 1.29 is 4.74 Å². The van der Waals surface area contributed by atoms with E-state index < -0.39 is 0 Å². The Labute approximate surface area is 107 Å². The van der Waals surface area contributed by atoms with E-state index in [9.17, 15) is 0 Å². The molecule has 0 aliphatic carbocycles. The number of nitrogens with one attached hydrogen (secondary N) is 1. The molecule has 1 N–H and O–H groups in total. The van der Waals surface area contributed by atoms with Crippen molar-refractivity contribution in [2.75, 3.05) is 13.2 Å². The Kier molecular flexibility index (Phi) is 3.26. The minimum atomic E-state index is 0.591. The van der Waals surface area contributed by atoms with E-state index in [-0.39, 0.29) is 0 Å². The lowest BCUT2D eigenvalue weighted by Gasteiger charge is -2.24. The minimum absolute atomic E-state index is 0.591. The molecule has 2 heterocycles. The standard InChI is InChI=1S/C14H18ClNO/c15-13-4-5-14-11(6-8-17-14)12(13)9-10-3-1-2-7-16-10/h4-5,10,16H,1-3,6-9H2. The predicted octanol–water partition coefficient (Wildman–Crippen LogP) is 2.96. The van der Waals surface area contributed by atoms with E-state index in [0.29, 0.717) is 6.04 Å².